The molecule has 2 aliphatic carbocycles. The van der Waals surface area contributed by atoms with Crippen molar-refractivity contribution in [2.45, 2.75) is 89.8 Å². The van der Waals surface area contributed by atoms with Crippen molar-refractivity contribution >= 4 is 0 Å². The van der Waals surface area contributed by atoms with Crippen molar-refractivity contribution < 1.29 is 26.7 Å². The van der Waals surface area contributed by atoms with E-state index < -0.39 is 23.7 Å². The summed E-state index contributed by atoms with van der Waals surface area (Å²) in [5.74, 6) is -1.77. The lowest BCUT2D eigenvalue weighted by Crippen LogP contribution is -2.20. The van der Waals surface area contributed by atoms with E-state index in [4.69, 9.17) is 0 Å². The Morgan fingerprint density at radius 3 is 1.87 bits per heavy atom. The molecule has 0 radical (unpaired) electrons. The third-order valence-corrected chi connectivity index (χ3v) is 7.08. The molecule has 0 bridgehead atoms. The zero-order chi connectivity index (χ0) is 22.4. The fourth-order valence-corrected chi connectivity index (χ4v) is 5.28. The highest BCUT2D eigenvalue weighted by atomic mass is 19.4. The summed E-state index contributed by atoms with van der Waals surface area (Å²) in [6, 6.07) is 2.00. The Bertz CT molecular complexity index is 703. The van der Waals surface area contributed by atoms with Gasteiger partial charge in [-0.25, -0.2) is 8.78 Å². The van der Waals surface area contributed by atoms with Gasteiger partial charge in [0, 0.05) is 0 Å². The number of allylic oxidation sites excluding steroid dienone is 2. The average molecular weight is 445 g/mol. The van der Waals surface area contributed by atoms with Crippen molar-refractivity contribution in [1.29, 1.82) is 0 Å². The highest BCUT2D eigenvalue weighted by molar-refractivity contribution is 5.33. The average Bonchev–Trinajstić information content (AvgIpc) is 2.73. The van der Waals surface area contributed by atoms with Crippen molar-refractivity contribution in [2.75, 3.05) is 0 Å². The van der Waals surface area contributed by atoms with E-state index in [1.807, 2.05) is 0 Å². The van der Waals surface area contributed by atoms with Crippen LogP contribution in [0.1, 0.15) is 89.0 Å². The molecule has 1 aromatic carbocycles. The molecule has 2 fully saturated rings. The molecule has 3 rings (SSSR count). The molecule has 31 heavy (non-hydrogen) atoms. The first-order chi connectivity index (χ1) is 14.7. The second kappa shape index (κ2) is 10.8. The summed E-state index contributed by atoms with van der Waals surface area (Å²) in [4.78, 5) is 0. The fraction of sp³-hybridized carbons (Fsp3) is 0.680. The number of rotatable bonds is 7. The van der Waals surface area contributed by atoms with E-state index in [9.17, 15) is 22.0 Å². The predicted molar refractivity (Wildman–Crippen MR) is 112 cm³/mol. The van der Waals surface area contributed by atoms with Crippen LogP contribution in [0.2, 0.25) is 0 Å². The van der Waals surface area contributed by atoms with Crippen LogP contribution in [0.15, 0.2) is 24.3 Å². The summed E-state index contributed by atoms with van der Waals surface area (Å²) in [5, 5.41) is 0. The maximum atomic E-state index is 14.0. The summed E-state index contributed by atoms with van der Waals surface area (Å²) < 4.78 is 68.5. The van der Waals surface area contributed by atoms with Crippen LogP contribution in [-0.2, 0) is 0 Å². The van der Waals surface area contributed by atoms with E-state index in [2.05, 4.69) is 23.8 Å². The SMILES string of the molecule is CCC=CC1CCC(CCC2CCC(c3cc(F)c(OC(F)(F)F)c(F)c3)CC2)CC1. The molecule has 0 unspecified atom stereocenters. The van der Waals surface area contributed by atoms with Gasteiger partial charge in [0.2, 0.25) is 5.75 Å². The van der Waals surface area contributed by atoms with Crippen LogP contribution < -0.4 is 4.74 Å². The molecule has 1 aromatic rings. The van der Waals surface area contributed by atoms with Gasteiger partial charge in [0.15, 0.2) is 11.6 Å². The van der Waals surface area contributed by atoms with Crippen LogP contribution in [0.3, 0.4) is 0 Å². The highest BCUT2D eigenvalue weighted by Crippen LogP contribution is 2.41. The molecule has 174 valence electrons. The number of halogens is 5. The van der Waals surface area contributed by atoms with E-state index in [-0.39, 0.29) is 5.92 Å². The Kier molecular flexibility index (Phi) is 8.40. The highest BCUT2D eigenvalue weighted by Gasteiger charge is 2.34. The first-order valence-electron chi connectivity index (χ1n) is 11.7. The van der Waals surface area contributed by atoms with Gasteiger partial charge in [-0.1, -0.05) is 31.9 Å². The van der Waals surface area contributed by atoms with Crippen molar-refractivity contribution in [3.05, 3.63) is 41.5 Å². The first-order valence-corrected chi connectivity index (χ1v) is 11.7. The van der Waals surface area contributed by atoms with Crippen LogP contribution in [-0.4, -0.2) is 6.36 Å². The second-order valence-corrected chi connectivity index (χ2v) is 9.27. The van der Waals surface area contributed by atoms with Crippen molar-refractivity contribution in [1.82, 2.24) is 0 Å². The van der Waals surface area contributed by atoms with Crippen LogP contribution in [0.5, 0.6) is 5.75 Å². The zero-order valence-electron chi connectivity index (χ0n) is 18.2. The van der Waals surface area contributed by atoms with Gasteiger partial charge in [-0.3, -0.25) is 0 Å². The van der Waals surface area contributed by atoms with Gasteiger partial charge in [0.1, 0.15) is 0 Å². The zero-order valence-corrected chi connectivity index (χ0v) is 18.2. The predicted octanol–water partition coefficient (Wildman–Crippen LogP) is 8.69. The second-order valence-electron chi connectivity index (χ2n) is 9.27. The molecular weight excluding hydrogens is 411 g/mol. The Morgan fingerprint density at radius 2 is 1.39 bits per heavy atom. The van der Waals surface area contributed by atoms with E-state index in [1.54, 1.807) is 0 Å². The quantitative estimate of drug-likeness (QED) is 0.302. The minimum absolute atomic E-state index is 0.0130. The molecule has 0 N–H and O–H groups in total. The fourth-order valence-electron chi connectivity index (χ4n) is 5.28. The lowest BCUT2D eigenvalue weighted by atomic mass is 9.74. The molecule has 2 saturated carbocycles. The van der Waals surface area contributed by atoms with E-state index in [0.717, 1.165) is 56.1 Å². The van der Waals surface area contributed by atoms with Gasteiger partial charge < -0.3 is 4.74 Å². The van der Waals surface area contributed by atoms with Crippen LogP contribution >= 0.6 is 0 Å². The Morgan fingerprint density at radius 1 is 0.871 bits per heavy atom. The number of benzene rings is 1. The van der Waals surface area contributed by atoms with Gasteiger partial charge in [-0.15, -0.1) is 13.2 Å². The van der Waals surface area contributed by atoms with Crippen molar-refractivity contribution in [3.8, 4) is 5.75 Å². The van der Waals surface area contributed by atoms with Crippen molar-refractivity contribution in [3.63, 3.8) is 0 Å². The molecule has 6 heteroatoms. The number of alkyl halides is 3. The summed E-state index contributed by atoms with van der Waals surface area (Å²) in [6.07, 6.45) is 11.9. The molecule has 2 aliphatic rings. The molecule has 0 aliphatic heterocycles. The molecule has 0 amide bonds. The topological polar surface area (TPSA) is 9.23 Å². The maximum absolute atomic E-state index is 14.0. The number of hydrogen-bond donors (Lipinski definition) is 0. The van der Waals surface area contributed by atoms with Gasteiger partial charge in [0.25, 0.3) is 0 Å². The van der Waals surface area contributed by atoms with Crippen LogP contribution in [0, 0.1) is 29.4 Å². The monoisotopic (exact) mass is 444 g/mol. The van der Waals surface area contributed by atoms with Crippen molar-refractivity contribution in [2.24, 2.45) is 17.8 Å². The summed E-state index contributed by atoms with van der Waals surface area (Å²) >= 11 is 0. The first kappa shape index (κ1) is 24.1. The minimum Gasteiger partial charge on any atom is -0.399 e. The van der Waals surface area contributed by atoms with E-state index >= 15 is 0 Å². The molecular formula is C25H33F5O. The maximum Gasteiger partial charge on any atom is 0.573 e. The van der Waals surface area contributed by atoms with Gasteiger partial charge in [0.05, 0.1) is 0 Å². The van der Waals surface area contributed by atoms with Gasteiger partial charge in [-0.2, -0.15) is 0 Å². The summed E-state index contributed by atoms with van der Waals surface area (Å²) in [5.41, 5.74) is 0.432. The smallest absolute Gasteiger partial charge is 0.399 e. The lowest BCUT2D eigenvalue weighted by Gasteiger charge is -2.31. The van der Waals surface area contributed by atoms with Gasteiger partial charge >= 0.3 is 6.36 Å². The Balaban J connectivity index is 1.44. The molecule has 0 saturated heterocycles. The van der Waals surface area contributed by atoms with E-state index in [0.29, 0.717) is 11.5 Å². The summed E-state index contributed by atoms with van der Waals surface area (Å²) in [6.45, 7) is 2.17. The molecule has 0 spiro atoms. The standard InChI is InChI=1S/C25H33F5O/c1-2-3-4-17-5-7-18(8-6-17)9-10-19-11-13-20(14-12-19)21-15-22(26)24(23(27)16-21)31-25(28,29)30/h3-4,15-20H,2,5-14H2,1H3. The number of ether oxygens (including phenoxy) is 1. The normalized spacial score (nSPS) is 27.5. The van der Waals surface area contributed by atoms with Crippen LogP contribution in [0.25, 0.3) is 0 Å². The third-order valence-electron chi connectivity index (χ3n) is 7.08. The Labute approximate surface area is 182 Å². The molecule has 0 aromatic heterocycles. The third kappa shape index (κ3) is 7.21. The molecule has 0 atom stereocenters. The number of hydrogen-bond acceptors (Lipinski definition) is 1. The molecule has 1 nitrogen and oxygen atoms in total. The van der Waals surface area contributed by atoms with Crippen LogP contribution in [0.4, 0.5) is 22.0 Å². The molecule has 0 heterocycles. The summed E-state index contributed by atoms with van der Waals surface area (Å²) in [7, 11) is 0. The lowest BCUT2D eigenvalue weighted by molar-refractivity contribution is -0.276. The van der Waals surface area contributed by atoms with E-state index in [1.165, 1.54) is 38.5 Å². The largest absolute Gasteiger partial charge is 0.573 e. The minimum atomic E-state index is -5.12. The van der Waals surface area contributed by atoms with Gasteiger partial charge in [-0.05, 0) is 99.2 Å². The Hall–Kier alpha value is -1.59.